The number of halogens is 2. The maximum atomic E-state index is 12.9. The van der Waals surface area contributed by atoms with E-state index < -0.39 is 5.54 Å². The summed E-state index contributed by atoms with van der Waals surface area (Å²) in [6, 6.07) is 13.1. The molecule has 3 rings (SSSR count). The average molecular weight is 582 g/mol. The van der Waals surface area contributed by atoms with Crippen LogP contribution in [0.3, 0.4) is 0 Å². The molecular weight excluding hydrogens is 553 g/mol. The van der Waals surface area contributed by atoms with Crippen LogP contribution in [0, 0.1) is 9.49 Å². The zero-order valence-electron chi connectivity index (χ0n) is 19.0. The molecule has 0 bridgehead atoms. The minimum absolute atomic E-state index is 0.0654. The third kappa shape index (κ3) is 6.60. The highest BCUT2D eigenvalue weighted by atomic mass is 127. The van der Waals surface area contributed by atoms with Crippen LogP contribution < -0.4 is 16.4 Å². The highest BCUT2D eigenvalue weighted by molar-refractivity contribution is 14.1. The lowest BCUT2D eigenvalue weighted by Crippen LogP contribution is -2.43. The second-order valence-corrected chi connectivity index (χ2v) is 10.5. The maximum absolute atomic E-state index is 12.9. The van der Waals surface area contributed by atoms with Gasteiger partial charge in [0.05, 0.1) is 6.54 Å². The van der Waals surface area contributed by atoms with Crippen LogP contribution in [0.2, 0.25) is 5.02 Å². The van der Waals surface area contributed by atoms with Crippen LogP contribution >= 0.6 is 34.2 Å². The fraction of sp³-hybridized carbons (Fsp3) is 0.375. The summed E-state index contributed by atoms with van der Waals surface area (Å²) < 4.78 is 1.04. The molecule has 176 valence electrons. The van der Waals surface area contributed by atoms with Crippen molar-refractivity contribution in [3.63, 3.8) is 0 Å². The number of guanidine groups is 1. The maximum Gasteiger partial charge on any atom is 0.315 e. The summed E-state index contributed by atoms with van der Waals surface area (Å²) >= 11 is 8.39. The van der Waals surface area contributed by atoms with Crippen LogP contribution in [0.15, 0.2) is 47.5 Å². The number of amides is 3. The van der Waals surface area contributed by atoms with Crippen molar-refractivity contribution in [2.24, 2.45) is 16.6 Å². The van der Waals surface area contributed by atoms with Crippen LogP contribution in [-0.4, -0.2) is 28.3 Å². The summed E-state index contributed by atoms with van der Waals surface area (Å²) in [7, 11) is 0. The quantitative estimate of drug-likeness (QED) is 0.403. The van der Waals surface area contributed by atoms with Gasteiger partial charge in [-0.3, -0.25) is 9.69 Å². The molecule has 2 aromatic carbocycles. The van der Waals surface area contributed by atoms with Gasteiger partial charge in [-0.05, 0) is 70.7 Å². The molecule has 33 heavy (non-hydrogen) atoms. The molecule has 0 saturated heterocycles. The van der Waals surface area contributed by atoms with E-state index in [1.165, 1.54) is 0 Å². The highest BCUT2D eigenvalue weighted by Crippen LogP contribution is 2.29. The minimum Gasteiger partial charge on any atom is -0.369 e. The van der Waals surface area contributed by atoms with Crippen molar-refractivity contribution in [1.29, 1.82) is 0 Å². The molecule has 0 aliphatic carbocycles. The van der Waals surface area contributed by atoms with E-state index in [4.69, 9.17) is 17.3 Å². The number of carbonyl (C=O) groups is 2. The average Bonchev–Trinajstić information content (AvgIpc) is 2.94. The fourth-order valence-electron chi connectivity index (χ4n) is 3.87. The van der Waals surface area contributed by atoms with Crippen LogP contribution in [-0.2, 0) is 24.4 Å². The first-order chi connectivity index (χ1) is 15.6. The number of rotatable bonds is 8. The Kier molecular flexibility index (Phi) is 8.23. The number of urea groups is 1. The van der Waals surface area contributed by atoms with Crippen molar-refractivity contribution in [3.05, 3.63) is 67.7 Å². The van der Waals surface area contributed by atoms with Crippen molar-refractivity contribution < 1.29 is 9.59 Å². The van der Waals surface area contributed by atoms with Gasteiger partial charge in [0, 0.05) is 21.7 Å². The lowest BCUT2D eigenvalue weighted by Gasteiger charge is -2.23. The number of carbonyl (C=O) groups excluding carboxylic acids is 2. The Labute approximate surface area is 213 Å². The molecule has 1 heterocycles. The van der Waals surface area contributed by atoms with Gasteiger partial charge in [-0.25, -0.2) is 9.79 Å². The molecule has 1 atom stereocenters. The Hall–Kier alpha value is -2.33. The fourth-order valence-corrected chi connectivity index (χ4v) is 4.79. The Balaban J connectivity index is 1.50. The molecule has 0 spiro atoms. The molecule has 7 nitrogen and oxygen atoms in total. The van der Waals surface area contributed by atoms with Gasteiger partial charge in [-0.15, -0.1) is 0 Å². The molecule has 0 saturated carbocycles. The van der Waals surface area contributed by atoms with Crippen LogP contribution in [0.25, 0.3) is 0 Å². The lowest BCUT2D eigenvalue weighted by atomic mass is 9.91. The number of benzene rings is 2. The first-order valence-electron chi connectivity index (χ1n) is 10.8. The third-order valence-corrected chi connectivity index (χ3v) is 6.44. The molecule has 1 aliphatic rings. The summed E-state index contributed by atoms with van der Waals surface area (Å²) in [4.78, 5) is 31.0. The molecule has 1 unspecified atom stereocenters. The van der Waals surface area contributed by atoms with Crippen molar-refractivity contribution in [2.75, 3.05) is 0 Å². The van der Waals surface area contributed by atoms with E-state index in [0.717, 1.165) is 20.3 Å². The van der Waals surface area contributed by atoms with Gasteiger partial charge in [-0.2, -0.15) is 0 Å². The van der Waals surface area contributed by atoms with Gasteiger partial charge >= 0.3 is 6.03 Å². The van der Waals surface area contributed by atoms with E-state index in [0.29, 0.717) is 37.0 Å². The van der Waals surface area contributed by atoms with Gasteiger partial charge in [0.1, 0.15) is 5.54 Å². The Morgan fingerprint density at radius 2 is 1.79 bits per heavy atom. The standard InChI is InChI=1S/C24H29ClIN5O2/c1-15(2)11-24(3)21(32)31(22(27)30-24)14-17-6-4-16(5-7-17)12-28-23(33)29-13-18-8-9-19(26)10-20(18)25/h4-10,15H,11-14H2,1-3H3,(H2,27,30)(H2,28,29,33). The molecule has 1 aliphatic heterocycles. The van der Waals surface area contributed by atoms with Crippen LogP contribution in [0.4, 0.5) is 4.79 Å². The van der Waals surface area contributed by atoms with E-state index in [2.05, 4.69) is 52.1 Å². The van der Waals surface area contributed by atoms with Gasteiger partial charge in [0.15, 0.2) is 5.96 Å². The highest BCUT2D eigenvalue weighted by Gasteiger charge is 2.43. The summed E-state index contributed by atoms with van der Waals surface area (Å²) in [5.41, 5.74) is 8.01. The molecule has 4 N–H and O–H groups in total. The lowest BCUT2D eigenvalue weighted by molar-refractivity contribution is -0.131. The van der Waals surface area contributed by atoms with E-state index in [9.17, 15) is 9.59 Å². The van der Waals surface area contributed by atoms with Crippen LogP contribution in [0.5, 0.6) is 0 Å². The molecule has 2 aromatic rings. The largest absolute Gasteiger partial charge is 0.369 e. The van der Waals surface area contributed by atoms with Gasteiger partial charge in [0.25, 0.3) is 5.91 Å². The number of hydrogen-bond donors (Lipinski definition) is 3. The Morgan fingerprint density at radius 3 is 2.42 bits per heavy atom. The monoisotopic (exact) mass is 581 g/mol. The van der Waals surface area contributed by atoms with Crippen molar-refractivity contribution >= 4 is 52.1 Å². The number of nitrogens with one attached hydrogen (secondary N) is 2. The SMILES string of the molecule is CC(C)CC1(C)N=C(N)N(Cc2ccc(CNC(=O)NCc3ccc(I)cc3Cl)cc2)C1=O. The van der Waals surface area contributed by atoms with Crippen LogP contribution in [0.1, 0.15) is 43.9 Å². The second-order valence-electron chi connectivity index (χ2n) is 8.82. The van der Waals surface area contributed by atoms with E-state index in [1.54, 1.807) is 4.90 Å². The second kappa shape index (κ2) is 10.7. The Bertz CT molecular complexity index is 1060. The minimum atomic E-state index is -0.794. The molecule has 0 fully saturated rings. The number of aliphatic imine (C=N–C) groups is 1. The van der Waals surface area contributed by atoms with Gasteiger partial charge in [0.2, 0.25) is 0 Å². The van der Waals surface area contributed by atoms with E-state index in [-0.39, 0.29) is 17.9 Å². The normalized spacial score (nSPS) is 17.9. The first-order valence-corrected chi connectivity index (χ1v) is 12.2. The smallest absolute Gasteiger partial charge is 0.315 e. The number of hydrogen-bond acceptors (Lipinski definition) is 4. The van der Waals surface area contributed by atoms with Crippen molar-refractivity contribution in [1.82, 2.24) is 15.5 Å². The molecule has 3 amide bonds. The van der Waals surface area contributed by atoms with Gasteiger partial charge in [-0.1, -0.05) is 55.8 Å². The predicted molar refractivity (Wildman–Crippen MR) is 140 cm³/mol. The summed E-state index contributed by atoms with van der Waals surface area (Å²) in [6.45, 7) is 7.07. The van der Waals surface area contributed by atoms with Gasteiger partial charge < -0.3 is 16.4 Å². The molecule has 0 radical (unpaired) electrons. The number of nitrogens with zero attached hydrogens (tertiary/aromatic N) is 2. The van der Waals surface area contributed by atoms with E-state index in [1.807, 2.05) is 49.4 Å². The van der Waals surface area contributed by atoms with Crippen molar-refractivity contribution in [2.45, 2.75) is 52.4 Å². The molecule has 9 heteroatoms. The Morgan fingerprint density at radius 1 is 1.15 bits per heavy atom. The van der Waals surface area contributed by atoms with Crippen molar-refractivity contribution in [3.8, 4) is 0 Å². The zero-order valence-corrected chi connectivity index (χ0v) is 21.9. The topological polar surface area (TPSA) is 99.8 Å². The number of nitrogens with two attached hydrogens (primary N) is 1. The molecule has 0 aromatic heterocycles. The zero-order chi connectivity index (χ0) is 24.2. The third-order valence-electron chi connectivity index (χ3n) is 5.42. The first kappa shape index (κ1) is 25.3. The summed E-state index contributed by atoms with van der Waals surface area (Å²) in [5, 5.41) is 6.28. The summed E-state index contributed by atoms with van der Waals surface area (Å²) in [5.74, 6) is 0.538. The predicted octanol–water partition coefficient (Wildman–Crippen LogP) is 4.41. The summed E-state index contributed by atoms with van der Waals surface area (Å²) in [6.07, 6.45) is 0.658. The molecular formula is C24H29ClIN5O2. The van der Waals surface area contributed by atoms with E-state index >= 15 is 0 Å².